The van der Waals surface area contributed by atoms with Crippen LogP contribution in [0.25, 0.3) is 0 Å². The van der Waals surface area contributed by atoms with Crippen LogP contribution in [0.3, 0.4) is 0 Å². The van der Waals surface area contributed by atoms with Gasteiger partial charge in [-0.1, -0.05) is 35.0 Å². The largest absolute Gasteiger partial charge is 0.477 e. The van der Waals surface area contributed by atoms with E-state index in [1.807, 2.05) is 6.07 Å². The van der Waals surface area contributed by atoms with Crippen molar-refractivity contribution in [3.8, 4) is 0 Å². The molecule has 0 spiro atoms. The van der Waals surface area contributed by atoms with Crippen molar-refractivity contribution < 1.29 is 14.7 Å². The van der Waals surface area contributed by atoms with Crippen molar-refractivity contribution in [1.82, 2.24) is 0 Å². The van der Waals surface area contributed by atoms with Gasteiger partial charge in [-0.3, -0.25) is 0 Å². The maximum Gasteiger partial charge on any atom is 0.353 e. The van der Waals surface area contributed by atoms with E-state index in [-0.39, 0.29) is 18.2 Å². The van der Waals surface area contributed by atoms with E-state index >= 15 is 0 Å². The Morgan fingerprint density at radius 1 is 1.53 bits per heavy atom. The molecule has 1 atom stereocenters. The molecule has 15 heavy (non-hydrogen) atoms. The first-order valence-electron chi connectivity index (χ1n) is 4.39. The van der Waals surface area contributed by atoms with Crippen LogP contribution in [0.4, 0.5) is 0 Å². The van der Waals surface area contributed by atoms with Crippen LogP contribution in [0, 0.1) is 0 Å². The molecule has 0 aromatic heterocycles. The summed E-state index contributed by atoms with van der Waals surface area (Å²) in [5, 5.41) is 12.8. The second-order valence-electron chi connectivity index (χ2n) is 3.16. The molecule has 1 aliphatic heterocycles. The molecule has 5 heteroatoms. The zero-order valence-corrected chi connectivity index (χ0v) is 8.44. The number of hydrogen-bond donors (Lipinski definition) is 1. The van der Waals surface area contributed by atoms with Gasteiger partial charge in [0.2, 0.25) is 0 Å². The van der Waals surface area contributed by atoms with Crippen LogP contribution in [-0.2, 0) is 9.63 Å². The first kappa shape index (κ1) is 9.98. The minimum atomic E-state index is -1.05. The van der Waals surface area contributed by atoms with Crippen LogP contribution in [0.5, 0.6) is 0 Å². The normalized spacial score (nSPS) is 19.5. The van der Waals surface area contributed by atoms with Crippen molar-refractivity contribution in [3.63, 3.8) is 0 Å². The summed E-state index contributed by atoms with van der Waals surface area (Å²) >= 11 is 5.95. The maximum atomic E-state index is 10.6. The summed E-state index contributed by atoms with van der Waals surface area (Å²) in [6.45, 7) is 0. The SMILES string of the molecule is O=C(O)C1=NOC(c2ccccc2Cl)C1. The molecular formula is C10H8ClNO3. The summed E-state index contributed by atoms with van der Waals surface area (Å²) in [5.41, 5.74) is 0.791. The summed E-state index contributed by atoms with van der Waals surface area (Å²) in [5.74, 6) is -1.05. The highest BCUT2D eigenvalue weighted by Crippen LogP contribution is 2.31. The Labute approximate surface area is 91.1 Å². The van der Waals surface area contributed by atoms with Gasteiger partial charge in [0, 0.05) is 17.0 Å². The standard InChI is InChI=1S/C10H8ClNO3/c11-7-4-2-1-3-6(7)9-5-8(10(13)14)12-15-9/h1-4,9H,5H2,(H,13,14). The summed E-state index contributed by atoms with van der Waals surface area (Å²) in [6.07, 6.45) is -0.135. The lowest BCUT2D eigenvalue weighted by atomic mass is 10.0. The van der Waals surface area contributed by atoms with Crippen LogP contribution in [-0.4, -0.2) is 16.8 Å². The minimum Gasteiger partial charge on any atom is -0.477 e. The zero-order chi connectivity index (χ0) is 10.8. The molecule has 0 amide bonds. The predicted octanol–water partition coefficient (Wildman–Crippen LogP) is 2.24. The van der Waals surface area contributed by atoms with Gasteiger partial charge in [0.1, 0.15) is 0 Å². The third kappa shape index (κ3) is 1.94. The highest BCUT2D eigenvalue weighted by molar-refractivity contribution is 6.36. The third-order valence-electron chi connectivity index (χ3n) is 2.17. The van der Waals surface area contributed by atoms with Gasteiger partial charge in [-0.15, -0.1) is 0 Å². The molecule has 0 fully saturated rings. The van der Waals surface area contributed by atoms with Gasteiger partial charge in [0.05, 0.1) is 0 Å². The Morgan fingerprint density at radius 2 is 2.27 bits per heavy atom. The second-order valence-corrected chi connectivity index (χ2v) is 3.57. The molecule has 1 aromatic carbocycles. The molecule has 1 aliphatic rings. The Kier molecular flexibility index (Phi) is 2.60. The first-order chi connectivity index (χ1) is 7.18. The maximum absolute atomic E-state index is 10.6. The van der Waals surface area contributed by atoms with Gasteiger partial charge >= 0.3 is 5.97 Å². The van der Waals surface area contributed by atoms with Crippen molar-refractivity contribution in [2.75, 3.05) is 0 Å². The minimum absolute atomic E-state index is 0.0277. The first-order valence-corrected chi connectivity index (χ1v) is 4.76. The Morgan fingerprint density at radius 3 is 2.87 bits per heavy atom. The number of aliphatic carboxylic acids is 1. The molecule has 0 aliphatic carbocycles. The summed E-state index contributed by atoms with van der Waals surface area (Å²) in [6, 6.07) is 7.16. The van der Waals surface area contributed by atoms with Crippen LogP contribution in [0.2, 0.25) is 5.02 Å². The van der Waals surface area contributed by atoms with E-state index < -0.39 is 5.97 Å². The van der Waals surface area contributed by atoms with E-state index in [0.29, 0.717) is 5.02 Å². The summed E-state index contributed by atoms with van der Waals surface area (Å²) < 4.78 is 0. The number of carboxylic acid groups (broad SMARTS) is 1. The number of halogens is 1. The average Bonchev–Trinajstić information content (AvgIpc) is 2.67. The van der Waals surface area contributed by atoms with Gasteiger partial charge in [-0.2, -0.15) is 0 Å². The summed E-state index contributed by atoms with van der Waals surface area (Å²) in [4.78, 5) is 15.6. The fraction of sp³-hybridized carbons (Fsp3) is 0.200. The molecule has 2 rings (SSSR count). The molecule has 1 aromatic rings. The number of benzene rings is 1. The van der Waals surface area contributed by atoms with Gasteiger partial charge < -0.3 is 9.94 Å². The van der Waals surface area contributed by atoms with Gasteiger partial charge in [0.25, 0.3) is 0 Å². The highest BCUT2D eigenvalue weighted by atomic mass is 35.5. The van der Waals surface area contributed by atoms with E-state index in [1.54, 1.807) is 18.2 Å². The Balaban J connectivity index is 2.17. The molecule has 4 nitrogen and oxygen atoms in total. The second kappa shape index (κ2) is 3.90. The lowest BCUT2D eigenvalue weighted by molar-refractivity contribution is -0.129. The van der Waals surface area contributed by atoms with Crippen LogP contribution >= 0.6 is 11.6 Å². The van der Waals surface area contributed by atoms with Crippen LogP contribution in [0.1, 0.15) is 18.1 Å². The molecule has 0 bridgehead atoms. The van der Waals surface area contributed by atoms with Gasteiger partial charge in [-0.25, -0.2) is 4.79 Å². The molecule has 1 unspecified atom stereocenters. The molecule has 0 saturated heterocycles. The molecule has 1 heterocycles. The monoisotopic (exact) mass is 225 g/mol. The lowest BCUT2D eigenvalue weighted by Gasteiger charge is -2.09. The lowest BCUT2D eigenvalue weighted by Crippen LogP contribution is -2.11. The van der Waals surface area contributed by atoms with Crippen molar-refractivity contribution in [2.24, 2.45) is 5.16 Å². The smallest absolute Gasteiger partial charge is 0.353 e. The molecule has 1 N–H and O–H groups in total. The van der Waals surface area contributed by atoms with Crippen molar-refractivity contribution in [3.05, 3.63) is 34.9 Å². The van der Waals surface area contributed by atoms with Gasteiger partial charge in [0.15, 0.2) is 11.8 Å². The van der Waals surface area contributed by atoms with E-state index in [0.717, 1.165) is 5.56 Å². The van der Waals surface area contributed by atoms with Crippen molar-refractivity contribution in [1.29, 1.82) is 0 Å². The highest BCUT2D eigenvalue weighted by Gasteiger charge is 2.28. The average molecular weight is 226 g/mol. The van der Waals surface area contributed by atoms with Crippen LogP contribution < -0.4 is 0 Å². The molecule has 0 saturated carbocycles. The van der Waals surface area contributed by atoms with E-state index in [2.05, 4.69) is 5.16 Å². The number of oxime groups is 1. The van der Waals surface area contributed by atoms with Crippen LogP contribution in [0.15, 0.2) is 29.4 Å². The fourth-order valence-corrected chi connectivity index (χ4v) is 1.66. The van der Waals surface area contributed by atoms with Crippen molar-refractivity contribution >= 4 is 23.3 Å². The number of nitrogens with zero attached hydrogens (tertiary/aromatic N) is 1. The zero-order valence-electron chi connectivity index (χ0n) is 7.68. The Hall–Kier alpha value is -1.55. The molecule has 0 radical (unpaired) electrons. The number of hydrogen-bond acceptors (Lipinski definition) is 3. The predicted molar refractivity (Wildman–Crippen MR) is 55.0 cm³/mol. The topological polar surface area (TPSA) is 58.9 Å². The fourth-order valence-electron chi connectivity index (χ4n) is 1.41. The summed E-state index contributed by atoms with van der Waals surface area (Å²) in [7, 11) is 0. The molecular weight excluding hydrogens is 218 g/mol. The van der Waals surface area contributed by atoms with Crippen molar-refractivity contribution in [2.45, 2.75) is 12.5 Å². The Bertz CT molecular complexity index is 430. The van der Waals surface area contributed by atoms with E-state index in [4.69, 9.17) is 21.5 Å². The third-order valence-corrected chi connectivity index (χ3v) is 2.51. The van der Waals surface area contributed by atoms with E-state index in [1.165, 1.54) is 0 Å². The number of carbonyl (C=O) groups is 1. The number of rotatable bonds is 2. The van der Waals surface area contributed by atoms with E-state index in [9.17, 15) is 4.79 Å². The quantitative estimate of drug-likeness (QED) is 0.840. The molecule has 78 valence electrons. The number of carboxylic acids is 1. The van der Waals surface area contributed by atoms with Gasteiger partial charge in [-0.05, 0) is 6.07 Å².